The number of nitrogens with zero attached hydrogens (tertiary/aromatic N) is 1. The quantitative estimate of drug-likeness (QED) is 0.773. The lowest BCUT2D eigenvalue weighted by Crippen LogP contribution is -2.13. The van der Waals surface area contributed by atoms with Crippen molar-refractivity contribution in [1.29, 1.82) is 0 Å². The number of halogens is 1. The van der Waals surface area contributed by atoms with Crippen LogP contribution in [-0.4, -0.2) is 4.98 Å². The first-order chi connectivity index (χ1) is 9.83. The van der Waals surface area contributed by atoms with E-state index in [1.807, 2.05) is 18.3 Å². The fraction of sp³-hybridized carbons (Fsp3) is 0.118. The number of pyridine rings is 1. The van der Waals surface area contributed by atoms with Crippen molar-refractivity contribution in [3.05, 3.63) is 76.4 Å². The van der Waals surface area contributed by atoms with E-state index in [0.717, 1.165) is 23.1 Å². The highest BCUT2D eigenvalue weighted by atomic mass is 79.9. The number of hydrogen-bond donors (Lipinski definition) is 1. The Labute approximate surface area is 127 Å². The van der Waals surface area contributed by atoms with Gasteiger partial charge in [-0.25, -0.2) is 0 Å². The standard InChI is InChI=1S/C17H15BrN2/c18-16-8-1-4-13(10-16)11-19-12-15-6-2-5-14-7-3-9-20-17(14)15/h1-10,19H,11-12H2. The van der Waals surface area contributed by atoms with Gasteiger partial charge in [-0.05, 0) is 29.3 Å². The van der Waals surface area contributed by atoms with Crippen molar-refractivity contribution in [2.24, 2.45) is 0 Å². The Morgan fingerprint density at radius 1 is 0.950 bits per heavy atom. The second-order valence-corrected chi connectivity index (χ2v) is 5.64. The Kier molecular flexibility index (Phi) is 4.09. The van der Waals surface area contributed by atoms with Crippen molar-refractivity contribution < 1.29 is 0 Å². The Balaban J connectivity index is 1.71. The van der Waals surface area contributed by atoms with Gasteiger partial charge in [0.2, 0.25) is 0 Å². The van der Waals surface area contributed by atoms with Crippen molar-refractivity contribution in [3.63, 3.8) is 0 Å². The second-order valence-electron chi connectivity index (χ2n) is 4.73. The normalized spacial score (nSPS) is 10.8. The molecule has 0 aliphatic carbocycles. The SMILES string of the molecule is Brc1cccc(CNCc2cccc3cccnc23)c1. The largest absolute Gasteiger partial charge is 0.309 e. The molecule has 2 aromatic carbocycles. The number of para-hydroxylation sites is 1. The van der Waals surface area contributed by atoms with Crippen LogP contribution in [0.15, 0.2) is 65.3 Å². The maximum atomic E-state index is 4.47. The van der Waals surface area contributed by atoms with Crippen LogP contribution in [0.2, 0.25) is 0 Å². The number of rotatable bonds is 4. The summed E-state index contributed by atoms with van der Waals surface area (Å²) in [6.45, 7) is 1.67. The maximum Gasteiger partial charge on any atom is 0.0746 e. The molecular formula is C17H15BrN2. The van der Waals surface area contributed by atoms with E-state index in [9.17, 15) is 0 Å². The Bertz CT molecular complexity index is 720. The summed E-state index contributed by atoms with van der Waals surface area (Å²) in [5, 5.41) is 4.67. The van der Waals surface area contributed by atoms with Gasteiger partial charge in [0.1, 0.15) is 0 Å². The van der Waals surface area contributed by atoms with Gasteiger partial charge in [-0.1, -0.05) is 52.3 Å². The molecule has 0 saturated heterocycles. The summed E-state index contributed by atoms with van der Waals surface area (Å²) in [5.41, 5.74) is 3.59. The third-order valence-electron chi connectivity index (χ3n) is 3.25. The fourth-order valence-electron chi connectivity index (χ4n) is 2.30. The van der Waals surface area contributed by atoms with Crippen molar-refractivity contribution in [3.8, 4) is 0 Å². The number of benzene rings is 2. The van der Waals surface area contributed by atoms with Gasteiger partial charge in [-0.3, -0.25) is 4.98 Å². The van der Waals surface area contributed by atoms with E-state index in [2.05, 4.69) is 68.7 Å². The molecule has 0 radical (unpaired) electrons. The number of hydrogen-bond acceptors (Lipinski definition) is 2. The average molecular weight is 327 g/mol. The van der Waals surface area contributed by atoms with Crippen molar-refractivity contribution in [2.75, 3.05) is 0 Å². The Hall–Kier alpha value is -1.71. The number of fused-ring (bicyclic) bond motifs is 1. The zero-order valence-electron chi connectivity index (χ0n) is 11.0. The van der Waals surface area contributed by atoms with Gasteiger partial charge >= 0.3 is 0 Å². The summed E-state index contributed by atoms with van der Waals surface area (Å²) < 4.78 is 1.11. The molecular weight excluding hydrogens is 312 g/mol. The van der Waals surface area contributed by atoms with E-state index in [-0.39, 0.29) is 0 Å². The molecule has 2 nitrogen and oxygen atoms in total. The highest BCUT2D eigenvalue weighted by Crippen LogP contribution is 2.16. The lowest BCUT2D eigenvalue weighted by atomic mass is 10.1. The van der Waals surface area contributed by atoms with Crippen LogP contribution in [0.3, 0.4) is 0 Å². The van der Waals surface area contributed by atoms with Gasteiger partial charge in [-0.2, -0.15) is 0 Å². The predicted molar refractivity (Wildman–Crippen MR) is 86.4 cm³/mol. The third kappa shape index (κ3) is 3.06. The first-order valence-corrected chi connectivity index (χ1v) is 7.40. The Morgan fingerprint density at radius 2 is 1.80 bits per heavy atom. The van der Waals surface area contributed by atoms with Crippen molar-refractivity contribution >= 4 is 26.8 Å². The minimum atomic E-state index is 0.820. The molecule has 0 bridgehead atoms. The van der Waals surface area contributed by atoms with Crippen LogP contribution < -0.4 is 5.32 Å². The molecule has 3 rings (SSSR count). The van der Waals surface area contributed by atoms with Gasteiger partial charge in [0.15, 0.2) is 0 Å². The van der Waals surface area contributed by atoms with Gasteiger partial charge in [0.25, 0.3) is 0 Å². The lowest BCUT2D eigenvalue weighted by Gasteiger charge is -2.08. The molecule has 1 heterocycles. The minimum absolute atomic E-state index is 0.820. The average Bonchev–Trinajstić information content (AvgIpc) is 2.48. The van der Waals surface area contributed by atoms with E-state index in [1.54, 1.807) is 0 Å². The van der Waals surface area contributed by atoms with Crippen LogP contribution in [0.25, 0.3) is 10.9 Å². The van der Waals surface area contributed by atoms with Crippen molar-refractivity contribution in [1.82, 2.24) is 10.3 Å². The van der Waals surface area contributed by atoms with Crippen LogP contribution in [0.4, 0.5) is 0 Å². The summed E-state index contributed by atoms with van der Waals surface area (Å²) in [5.74, 6) is 0. The molecule has 0 amide bonds. The first-order valence-electron chi connectivity index (χ1n) is 6.61. The zero-order chi connectivity index (χ0) is 13.8. The lowest BCUT2D eigenvalue weighted by molar-refractivity contribution is 0.695. The van der Waals surface area contributed by atoms with E-state index >= 15 is 0 Å². The van der Waals surface area contributed by atoms with E-state index in [4.69, 9.17) is 0 Å². The molecule has 20 heavy (non-hydrogen) atoms. The summed E-state index contributed by atoms with van der Waals surface area (Å²) in [6.07, 6.45) is 1.85. The topological polar surface area (TPSA) is 24.9 Å². The van der Waals surface area contributed by atoms with Gasteiger partial charge in [0.05, 0.1) is 5.52 Å². The summed E-state index contributed by atoms with van der Waals surface area (Å²) >= 11 is 3.49. The second kappa shape index (κ2) is 6.16. The highest BCUT2D eigenvalue weighted by Gasteiger charge is 2.01. The minimum Gasteiger partial charge on any atom is -0.309 e. The molecule has 1 N–H and O–H groups in total. The monoisotopic (exact) mass is 326 g/mol. The van der Waals surface area contributed by atoms with Crippen LogP contribution >= 0.6 is 15.9 Å². The number of nitrogens with one attached hydrogen (secondary N) is 1. The van der Waals surface area contributed by atoms with Gasteiger partial charge in [-0.15, -0.1) is 0 Å². The van der Waals surface area contributed by atoms with Crippen LogP contribution in [0.5, 0.6) is 0 Å². The summed E-state index contributed by atoms with van der Waals surface area (Å²) in [7, 11) is 0. The smallest absolute Gasteiger partial charge is 0.0746 e. The zero-order valence-corrected chi connectivity index (χ0v) is 12.6. The summed E-state index contributed by atoms with van der Waals surface area (Å²) in [4.78, 5) is 4.47. The molecule has 0 fully saturated rings. The molecule has 3 aromatic rings. The molecule has 0 spiro atoms. The first kappa shape index (κ1) is 13.3. The maximum absolute atomic E-state index is 4.47. The van der Waals surface area contributed by atoms with Crippen LogP contribution in [0, 0.1) is 0 Å². The van der Waals surface area contributed by atoms with E-state index < -0.39 is 0 Å². The molecule has 0 aliphatic rings. The molecule has 3 heteroatoms. The van der Waals surface area contributed by atoms with Crippen LogP contribution in [0.1, 0.15) is 11.1 Å². The van der Waals surface area contributed by atoms with E-state index in [0.29, 0.717) is 0 Å². The highest BCUT2D eigenvalue weighted by molar-refractivity contribution is 9.10. The molecule has 0 unspecified atom stereocenters. The molecule has 0 atom stereocenters. The number of aromatic nitrogens is 1. The molecule has 1 aromatic heterocycles. The Morgan fingerprint density at radius 3 is 2.70 bits per heavy atom. The molecule has 100 valence electrons. The third-order valence-corrected chi connectivity index (χ3v) is 3.74. The van der Waals surface area contributed by atoms with Crippen molar-refractivity contribution in [2.45, 2.75) is 13.1 Å². The van der Waals surface area contributed by atoms with E-state index in [1.165, 1.54) is 16.5 Å². The van der Waals surface area contributed by atoms with Gasteiger partial charge < -0.3 is 5.32 Å². The predicted octanol–water partition coefficient (Wildman–Crippen LogP) is 4.29. The molecule has 0 saturated carbocycles. The van der Waals surface area contributed by atoms with Gasteiger partial charge in [0, 0.05) is 29.1 Å². The fourth-order valence-corrected chi connectivity index (χ4v) is 2.75. The summed E-state index contributed by atoms with van der Waals surface area (Å²) in [6, 6.07) is 18.7. The van der Waals surface area contributed by atoms with Crippen LogP contribution in [-0.2, 0) is 13.1 Å². The molecule has 0 aliphatic heterocycles.